The predicted molar refractivity (Wildman–Crippen MR) is 130 cm³/mol. The van der Waals surface area contributed by atoms with Gasteiger partial charge < -0.3 is 15.4 Å². The maximum atomic E-state index is 13.3. The van der Waals surface area contributed by atoms with Crippen LogP contribution in [-0.4, -0.2) is 20.7 Å². The summed E-state index contributed by atoms with van der Waals surface area (Å²) in [5, 5.41) is 10.6. The molecule has 0 spiro atoms. The van der Waals surface area contributed by atoms with Gasteiger partial charge in [0.15, 0.2) is 0 Å². The molecule has 7 heteroatoms. The van der Waals surface area contributed by atoms with E-state index in [1.807, 2.05) is 91.9 Å². The molecule has 0 radical (unpaired) electrons. The standard InChI is InChI=1S/C27H25N5O2/c1-19-24(26(33)28-16-20-8-4-2-5-9-20)25(32-27(31-19)29-18-30-32)22-12-14-23(15-13-22)34-17-21-10-6-3-7-11-21/h2-15,18,25H,16-17H2,1H3,(H,28,33)(H,29,30,31)/t25-/m1/s1. The zero-order valence-corrected chi connectivity index (χ0v) is 18.8. The average Bonchev–Trinajstić information content (AvgIpc) is 3.35. The minimum absolute atomic E-state index is 0.149. The summed E-state index contributed by atoms with van der Waals surface area (Å²) in [5.74, 6) is 1.21. The van der Waals surface area contributed by atoms with E-state index in [0.717, 1.165) is 28.1 Å². The monoisotopic (exact) mass is 451 g/mol. The second-order valence-electron chi connectivity index (χ2n) is 8.11. The van der Waals surface area contributed by atoms with Crippen LogP contribution in [0.5, 0.6) is 5.75 Å². The Morgan fingerprint density at radius 1 is 0.971 bits per heavy atom. The molecule has 1 amide bonds. The summed E-state index contributed by atoms with van der Waals surface area (Å²) in [6.45, 7) is 2.83. The zero-order chi connectivity index (χ0) is 23.3. The topological polar surface area (TPSA) is 81.1 Å². The largest absolute Gasteiger partial charge is 0.489 e. The van der Waals surface area contributed by atoms with E-state index in [9.17, 15) is 4.79 Å². The Hall–Kier alpha value is -4.39. The van der Waals surface area contributed by atoms with Crippen molar-refractivity contribution in [3.05, 3.63) is 119 Å². The molecule has 0 aliphatic carbocycles. The number of anilines is 1. The molecule has 5 rings (SSSR count). The Morgan fingerprint density at radius 2 is 1.65 bits per heavy atom. The summed E-state index contributed by atoms with van der Waals surface area (Å²) in [7, 11) is 0. The number of carbonyl (C=O) groups is 1. The van der Waals surface area contributed by atoms with Crippen LogP contribution in [0.1, 0.15) is 29.7 Å². The van der Waals surface area contributed by atoms with Gasteiger partial charge in [-0.15, -0.1) is 0 Å². The number of carbonyl (C=O) groups excluding carboxylic acids is 1. The number of aromatic nitrogens is 3. The molecule has 1 aliphatic rings. The third kappa shape index (κ3) is 4.54. The molecule has 0 unspecified atom stereocenters. The molecule has 0 saturated carbocycles. The zero-order valence-electron chi connectivity index (χ0n) is 18.8. The van der Waals surface area contributed by atoms with Crippen LogP contribution in [0.15, 0.2) is 103 Å². The van der Waals surface area contributed by atoms with Crippen molar-refractivity contribution in [2.45, 2.75) is 26.1 Å². The van der Waals surface area contributed by atoms with E-state index in [4.69, 9.17) is 4.74 Å². The number of hydrogen-bond donors (Lipinski definition) is 2. The molecule has 1 aliphatic heterocycles. The number of allylic oxidation sites excluding steroid dienone is 1. The van der Waals surface area contributed by atoms with E-state index in [-0.39, 0.29) is 5.91 Å². The van der Waals surface area contributed by atoms with Crippen LogP contribution in [0.25, 0.3) is 0 Å². The van der Waals surface area contributed by atoms with Gasteiger partial charge in [0.1, 0.15) is 24.7 Å². The van der Waals surface area contributed by atoms with Crippen molar-refractivity contribution < 1.29 is 9.53 Å². The average molecular weight is 452 g/mol. The van der Waals surface area contributed by atoms with E-state index >= 15 is 0 Å². The summed E-state index contributed by atoms with van der Waals surface area (Å²) >= 11 is 0. The lowest BCUT2D eigenvalue weighted by atomic mass is 9.95. The van der Waals surface area contributed by atoms with Crippen molar-refractivity contribution in [1.29, 1.82) is 0 Å². The van der Waals surface area contributed by atoms with Gasteiger partial charge in [0, 0.05) is 12.2 Å². The van der Waals surface area contributed by atoms with E-state index in [1.165, 1.54) is 6.33 Å². The van der Waals surface area contributed by atoms with Gasteiger partial charge in [0.25, 0.3) is 5.91 Å². The summed E-state index contributed by atoms with van der Waals surface area (Å²) in [6.07, 6.45) is 1.49. The van der Waals surface area contributed by atoms with Crippen LogP contribution in [0, 0.1) is 0 Å². The summed E-state index contributed by atoms with van der Waals surface area (Å²) in [5.41, 5.74) is 4.42. The van der Waals surface area contributed by atoms with Crippen molar-refractivity contribution in [3.8, 4) is 5.75 Å². The number of amides is 1. The van der Waals surface area contributed by atoms with Crippen molar-refractivity contribution in [1.82, 2.24) is 20.1 Å². The number of rotatable bonds is 7. The van der Waals surface area contributed by atoms with Gasteiger partial charge in [-0.3, -0.25) is 4.79 Å². The first kappa shape index (κ1) is 21.5. The lowest BCUT2D eigenvalue weighted by Crippen LogP contribution is -2.34. The van der Waals surface area contributed by atoms with Gasteiger partial charge in [-0.1, -0.05) is 72.8 Å². The van der Waals surface area contributed by atoms with Crippen molar-refractivity contribution in [3.63, 3.8) is 0 Å². The van der Waals surface area contributed by atoms with Gasteiger partial charge >= 0.3 is 0 Å². The molecule has 1 aromatic heterocycles. The maximum Gasteiger partial charge on any atom is 0.251 e. The highest BCUT2D eigenvalue weighted by atomic mass is 16.5. The van der Waals surface area contributed by atoms with Crippen LogP contribution in [-0.2, 0) is 17.9 Å². The highest BCUT2D eigenvalue weighted by Gasteiger charge is 2.33. The van der Waals surface area contributed by atoms with Crippen molar-refractivity contribution in [2.24, 2.45) is 0 Å². The molecule has 2 N–H and O–H groups in total. The molecule has 0 bridgehead atoms. The third-order valence-corrected chi connectivity index (χ3v) is 5.78. The number of fused-ring (bicyclic) bond motifs is 1. The second-order valence-corrected chi connectivity index (χ2v) is 8.11. The molecule has 1 atom stereocenters. The van der Waals surface area contributed by atoms with Crippen molar-refractivity contribution in [2.75, 3.05) is 5.32 Å². The van der Waals surface area contributed by atoms with E-state index < -0.39 is 6.04 Å². The Morgan fingerprint density at radius 3 is 2.35 bits per heavy atom. The number of hydrogen-bond acceptors (Lipinski definition) is 5. The van der Waals surface area contributed by atoms with Crippen LogP contribution in [0.4, 0.5) is 5.95 Å². The van der Waals surface area contributed by atoms with Gasteiger partial charge in [-0.05, 0) is 35.7 Å². The van der Waals surface area contributed by atoms with Gasteiger partial charge in [0.2, 0.25) is 5.95 Å². The molecule has 0 saturated heterocycles. The second kappa shape index (κ2) is 9.62. The third-order valence-electron chi connectivity index (χ3n) is 5.78. The smallest absolute Gasteiger partial charge is 0.251 e. The van der Waals surface area contributed by atoms with Gasteiger partial charge in [-0.2, -0.15) is 10.1 Å². The van der Waals surface area contributed by atoms with Crippen LogP contribution < -0.4 is 15.4 Å². The molecule has 34 heavy (non-hydrogen) atoms. The normalized spacial score (nSPS) is 14.8. The van der Waals surface area contributed by atoms with E-state index in [0.29, 0.717) is 24.7 Å². The SMILES string of the molecule is CC1=C(C(=O)NCc2ccccc2)[C@@H](c2ccc(OCc3ccccc3)cc2)n2ncnc2N1. The van der Waals surface area contributed by atoms with Gasteiger partial charge in [0.05, 0.1) is 5.57 Å². The number of ether oxygens (including phenoxy) is 1. The van der Waals surface area contributed by atoms with Gasteiger partial charge in [-0.25, -0.2) is 4.68 Å². The van der Waals surface area contributed by atoms with Crippen LogP contribution in [0.3, 0.4) is 0 Å². The van der Waals surface area contributed by atoms with Crippen molar-refractivity contribution >= 4 is 11.9 Å². The summed E-state index contributed by atoms with van der Waals surface area (Å²) in [4.78, 5) is 17.6. The van der Waals surface area contributed by atoms with Crippen LogP contribution >= 0.6 is 0 Å². The predicted octanol–water partition coefficient (Wildman–Crippen LogP) is 4.46. The Balaban J connectivity index is 1.38. The Kier molecular flexibility index (Phi) is 6.07. The Labute approximate surface area is 198 Å². The van der Waals surface area contributed by atoms with Crippen LogP contribution in [0.2, 0.25) is 0 Å². The summed E-state index contributed by atoms with van der Waals surface area (Å²) < 4.78 is 7.67. The van der Waals surface area contributed by atoms with E-state index in [2.05, 4.69) is 20.7 Å². The highest BCUT2D eigenvalue weighted by molar-refractivity contribution is 5.96. The fourth-order valence-corrected chi connectivity index (χ4v) is 4.05. The highest BCUT2D eigenvalue weighted by Crippen LogP contribution is 2.35. The summed E-state index contributed by atoms with van der Waals surface area (Å²) in [6, 6.07) is 27.3. The molecule has 4 aromatic rings. The molecule has 3 aromatic carbocycles. The first-order valence-corrected chi connectivity index (χ1v) is 11.1. The molecular formula is C27H25N5O2. The number of nitrogens with zero attached hydrogens (tertiary/aromatic N) is 3. The van der Waals surface area contributed by atoms with E-state index in [1.54, 1.807) is 4.68 Å². The number of nitrogens with one attached hydrogen (secondary N) is 2. The first-order chi connectivity index (χ1) is 16.7. The lowest BCUT2D eigenvalue weighted by molar-refractivity contribution is -0.118. The number of benzene rings is 3. The molecule has 2 heterocycles. The quantitative estimate of drug-likeness (QED) is 0.434. The molecule has 0 fully saturated rings. The molecular weight excluding hydrogens is 426 g/mol. The fraction of sp³-hybridized carbons (Fsp3) is 0.148. The Bertz CT molecular complexity index is 1300. The fourth-order valence-electron chi connectivity index (χ4n) is 4.05. The lowest BCUT2D eigenvalue weighted by Gasteiger charge is -2.28. The maximum absolute atomic E-state index is 13.3. The minimum Gasteiger partial charge on any atom is -0.489 e. The molecule has 170 valence electrons. The first-order valence-electron chi connectivity index (χ1n) is 11.1. The molecule has 7 nitrogen and oxygen atoms in total. The minimum atomic E-state index is -0.405.